The van der Waals surface area contributed by atoms with Crippen LogP contribution in [0.15, 0.2) is 12.3 Å². The molecule has 1 atom stereocenters. The van der Waals surface area contributed by atoms with E-state index in [0.29, 0.717) is 12.5 Å². The average Bonchev–Trinajstić information content (AvgIpc) is 2.60. The van der Waals surface area contributed by atoms with Gasteiger partial charge in [0, 0.05) is 19.3 Å². The summed E-state index contributed by atoms with van der Waals surface area (Å²) in [5.41, 5.74) is 1.01. The van der Waals surface area contributed by atoms with Crippen molar-refractivity contribution in [1.82, 2.24) is 15.1 Å². The number of hydrogen-bond acceptors (Lipinski definition) is 2. The molecular weight excluding hydrogens is 214 g/mol. The van der Waals surface area contributed by atoms with Crippen molar-refractivity contribution >= 4 is 17.5 Å². The zero-order valence-corrected chi connectivity index (χ0v) is 9.79. The topological polar surface area (TPSA) is 46.9 Å². The van der Waals surface area contributed by atoms with Crippen molar-refractivity contribution in [2.45, 2.75) is 20.4 Å². The van der Waals surface area contributed by atoms with Gasteiger partial charge >= 0.3 is 0 Å². The van der Waals surface area contributed by atoms with Gasteiger partial charge in [-0.25, -0.2) is 0 Å². The maximum Gasteiger partial charge on any atom is 0.234 e. The zero-order valence-electron chi connectivity index (χ0n) is 9.03. The van der Waals surface area contributed by atoms with E-state index < -0.39 is 0 Å². The molecule has 1 amide bonds. The van der Waals surface area contributed by atoms with Crippen molar-refractivity contribution in [2.75, 3.05) is 12.4 Å². The highest BCUT2D eigenvalue weighted by Gasteiger charge is 2.05. The van der Waals surface area contributed by atoms with Crippen LogP contribution < -0.4 is 5.32 Å². The molecule has 4 nitrogen and oxygen atoms in total. The Morgan fingerprint density at radius 3 is 3.00 bits per heavy atom. The Kier molecular flexibility index (Phi) is 4.62. The average molecular weight is 230 g/mol. The predicted molar refractivity (Wildman–Crippen MR) is 59.9 cm³/mol. The number of aryl methyl sites for hydroxylation is 1. The molecule has 0 aromatic carbocycles. The van der Waals surface area contributed by atoms with Crippen LogP contribution in [0.4, 0.5) is 0 Å². The summed E-state index contributed by atoms with van der Waals surface area (Å²) in [5.74, 6) is 0.241. The van der Waals surface area contributed by atoms with Crippen molar-refractivity contribution in [3.8, 4) is 0 Å². The number of hydrogen-bond donors (Lipinski definition) is 1. The van der Waals surface area contributed by atoms with Gasteiger partial charge in [0.15, 0.2) is 0 Å². The van der Waals surface area contributed by atoms with Crippen LogP contribution in [-0.4, -0.2) is 28.1 Å². The molecule has 5 heteroatoms. The number of carbonyl (C=O) groups is 1. The maximum atomic E-state index is 10.9. The van der Waals surface area contributed by atoms with Gasteiger partial charge in [0.2, 0.25) is 5.91 Å². The third-order valence-corrected chi connectivity index (χ3v) is 2.28. The zero-order chi connectivity index (χ0) is 11.3. The predicted octanol–water partition coefficient (Wildman–Crippen LogP) is 1.18. The largest absolute Gasteiger partial charge is 0.355 e. The molecule has 1 rings (SSSR count). The van der Waals surface area contributed by atoms with Crippen LogP contribution in [0.25, 0.3) is 0 Å². The van der Waals surface area contributed by atoms with E-state index in [2.05, 4.69) is 17.3 Å². The Morgan fingerprint density at radius 2 is 2.47 bits per heavy atom. The lowest BCUT2D eigenvalue weighted by atomic mass is 10.2. The fraction of sp³-hybridized carbons (Fsp3) is 0.600. The second-order valence-electron chi connectivity index (χ2n) is 3.72. The Bertz CT molecular complexity index is 324. The highest BCUT2D eigenvalue weighted by Crippen LogP contribution is 2.00. The minimum Gasteiger partial charge on any atom is -0.355 e. The summed E-state index contributed by atoms with van der Waals surface area (Å²) in [6, 6.07) is 1.96. The van der Waals surface area contributed by atoms with E-state index in [-0.39, 0.29) is 11.8 Å². The summed E-state index contributed by atoms with van der Waals surface area (Å²) in [7, 11) is 0. The molecular formula is C10H16ClN3O. The number of nitrogens with one attached hydrogen (secondary N) is 1. The summed E-state index contributed by atoms with van der Waals surface area (Å²) in [4.78, 5) is 10.9. The fourth-order valence-corrected chi connectivity index (χ4v) is 1.38. The van der Waals surface area contributed by atoms with Crippen LogP contribution >= 0.6 is 11.6 Å². The number of nitrogens with zero attached hydrogens (tertiary/aromatic N) is 2. The summed E-state index contributed by atoms with van der Waals surface area (Å²) in [5, 5.41) is 7.02. The number of aromatic nitrogens is 2. The Labute approximate surface area is 94.6 Å². The van der Waals surface area contributed by atoms with Crippen molar-refractivity contribution in [3.05, 3.63) is 18.0 Å². The summed E-state index contributed by atoms with van der Waals surface area (Å²) < 4.78 is 1.88. The molecule has 0 saturated heterocycles. The van der Waals surface area contributed by atoms with Gasteiger partial charge in [-0.3, -0.25) is 9.48 Å². The van der Waals surface area contributed by atoms with E-state index in [1.165, 1.54) is 0 Å². The molecule has 0 saturated carbocycles. The molecule has 0 aliphatic heterocycles. The smallest absolute Gasteiger partial charge is 0.234 e. The molecule has 84 valence electrons. The summed E-state index contributed by atoms with van der Waals surface area (Å²) in [6.07, 6.45) is 1.94. The van der Waals surface area contributed by atoms with Gasteiger partial charge in [0.1, 0.15) is 5.88 Å². The molecule has 1 N–H and O–H groups in total. The molecule has 1 heterocycles. The fourth-order valence-electron chi connectivity index (χ4n) is 1.28. The van der Waals surface area contributed by atoms with Crippen LogP contribution in [0.1, 0.15) is 12.6 Å². The number of halogens is 1. The molecule has 0 fully saturated rings. The molecule has 1 aromatic rings. The molecule has 15 heavy (non-hydrogen) atoms. The lowest BCUT2D eigenvalue weighted by Crippen LogP contribution is -2.30. The number of carbonyl (C=O) groups excluding carboxylic acids is 1. The van der Waals surface area contributed by atoms with Gasteiger partial charge < -0.3 is 5.32 Å². The van der Waals surface area contributed by atoms with Crippen molar-refractivity contribution < 1.29 is 4.79 Å². The van der Waals surface area contributed by atoms with E-state index in [1.54, 1.807) is 0 Å². The minimum absolute atomic E-state index is 0.0214. The van der Waals surface area contributed by atoms with Gasteiger partial charge in [-0.2, -0.15) is 5.10 Å². The number of alkyl halides is 1. The second-order valence-corrected chi connectivity index (χ2v) is 3.99. The third-order valence-electron chi connectivity index (χ3n) is 2.04. The quantitative estimate of drug-likeness (QED) is 0.771. The molecule has 0 aliphatic rings. The van der Waals surface area contributed by atoms with Crippen molar-refractivity contribution in [1.29, 1.82) is 0 Å². The van der Waals surface area contributed by atoms with Crippen LogP contribution in [0.3, 0.4) is 0 Å². The van der Waals surface area contributed by atoms with E-state index >= 15 is 0 Å². The minimum atomic E-state index is -0.125. The second kappa shape index (κ2) is 5.75. The summed E-state index contributed by atoms with van der Waals surface area (Å²) in [6.45, 7) is 5.45. The van der Waals surface area contributed by atoms with E-state index in [0.717, 1.165) is 12.2 Å². The molecule has 1 aromatic heterocycles. The first-order chi connectivity index (χ1) is 7.11. The van der Waals surface area contributed by atoms with Gasteiger partial charge in [0.05, 0.1) is 5.69 Å². The maximum absolute atomic E-state index is 10.9. The van der Waals surface area contributed by atoms with Gasteiger partial charge in [0.25, 0.3) is 0 Å². The third kappa shape index (κ3) is 4.34. The molecule has 0 spiro atoms. The van der Waals surface area contributed by atoms with E-state index in [4.69, 9.17) is 11.6 Å². The molecule has 1 unspecified atom stereocenters. The van der Waals surface area contributed by atoms with Crippen molar-refractivity contribution in [2.24, 2.45) is 5.92 Å². The van der Waals surface area contributed by atoms with Crippen LogP contribution in [0.2, 0.25) is 0 Å². The first-order valence-electron chi connectivity index (χ1n) is 4.94. The van der Waals surface area contributed by atoms with Crippen LogP contribution in [0.5, 0.6) is 0 Å². The number of amides is 1. The van der Waals surface area contributed by atoms with Gasteiger partial charge in [-0.15, -0.1) is 11.6 Å². The lowest BCUT2D eigenvalue weighted by molar-refractivity contribution is -0.118. The van der Waals surface area contributed by atoms with Gasteiger partial charge in [-0.05, 0) is 18.9 Å². The first kappa shape index (κ1) is 12.0. The Morgan fingerprint density at radius 1 is 1.73 bits per heavy atom. The monoisotopic (exact) mass is 229 g/mol. The van der Waals surface area contributed by atoms with Crippen molar-refractivity contribution in [3.63, 3.8) is 0 Å². The van der Waals surface area contributed by atoms with Crippen LogP contribution in [-0.2, 0) is 11.3 Å². The lowest BCUT2D eigenvalue weighted by Gasteiger charge is -2.11. The van der Waals surface area contributed by atoms with E-state index in [1.807, 2.05) is 23.9 Å². The molecule has 0 bridgehead atoms. The van der Waals surface area contributed by atoms with Crippen LogP contribution in [0, 0.1) is 12.8 Å². The number of rotatable bonds is 5. The normalized spacial score (nSPS) is 12.5. The van der Waals surface area contributed by atoms with Gasteiger partial charge in [-0.1, -0.05) is 6.92 Å². The molecule has 0 aliphatic carbocycles. The van der Waals surface area contributed by atoms with E-state index in [9.17, 15) is 4.79 Å². The first-order valence-corrected chi connectivity index (χ1v) is 5.48. The Balaban J connectivity index is 2.30. The molecule has 0 radical (unpaired) electrons. The highest BCUT2D eigenvalue weighted by molar-refractivity contribution is 6.27. The standard InChI is InChI=1S/C10H16ClN3O/c1-8(6-12-10(15)5-11)7-14-4-3-9(2)13-14/h3-4,8H,5-7H2,1-2H3,(H,12,15). The highest BCUT2D eigenvalue weighted by atomic mass is 35.5. The summed E-state index contributed by atoms with van der Waals surface area (Å²) >= 11 is 5.37. The Hall–Kier alpha value is -1.03. The SMILES string of the molecule is Cc1ccn(CC(C)CNC(=O)CCl)n1.